The molecule has 0 radical (unpaired) electrons. The molecule has 0 N–H and O–H groups in total. The molecule has 18 heavy (non-hydrogen) atoms. The molecule has 0 spiro atoms. The van der Waals surface area contributed by atoms with Gasteiger partial charge in [0, 0.05) is 6.42 Å². The van der Waals surface area contributed by atoms with Crippen LogP contribution in [0.5, 0.6) is 0 Å². The van der Waals surface area contributed by atoms with E-state index in [1.54, 1.807) is 0 Å². The predicted octanol–water partition coefficient (Wildman–Crippen LogP) is 3.56. The van der Waals surface area contributed by atoms with Crippen LogP contribution in [0.4, 0.5) is 0 Å². The predicted molar refractivity (Wildman–Crippen MR) is 68.3 cm³/mol. The first-order chi connectivity index (χ1) is 8.74. The summed E-state index contributed by atoms with van der Waals surface area (Å²) in [4.78, 5) is 10.7. The molecular formula is C14H23NO3. The van der Waals surface area contributed by atoms with Crippen molar-refractivity contribution in [3.63, 3.8) is 0 Å². The van der Waals surface area contributed by atoms with Crippen LogP contribution in [0.1, 0.15) is 64.2 Å². The molecule has 1 aromatic rings. The molecule has 4 nitrogen and oxygen atoms in total. The number of hydrogen-bond donors (Lipinski definition) is 0. The van der Waals surface area contributed by atoms with E-state index < -0.39 is 5.82 Å². The van der Waals surface area contributed by atoms with Gasteiger partial charge >= 0.3 is 5.82 Å². The van der Waals surface area contributed by atoms with Crippen molar-refractivity contribution >= 4 is 0 Å². The minimum Gasteiger partial charge on any atom is -0.375 e. The number of hydrogen-bond acceptors (Lipinski definition) is 4. The molecule has 1 saturated carbocycles. The van der Waals surface area contributed by atoms with Crippen LogP contribution in [0.15, 0.2) is 13.7 Å². The van der Waals surface area contributed by atoms with E-state index in [9.17, 15) is 4.79 Å². The molecule has 4 heteroatoms. The van der Waals surface area contributed by atoms with Crippen LogP contribution in [0.25, 0.3) is 0 Å². The van der Waals surface area contributed by atoms with Crippen LogP contribution in [0.2, 0.25) is 0 Å². The summed E-state index contributed by atoms with van der Waals surface area (Å²) < 4.78 is 9.15. The van der Waals surface area contributed by atoms with E-state index in [4.69, 9.17) is 4.42 Å². The summed E-state index contributed by atoms with van der Waals surface area (Å²) in [5.41, 5.74) is 0. The molecule has 1 aliphatic carbocycles. The Bertz CT molecular complexity index is 390. The van der Waals surface area contributed by atoms with Crippen molar-refractivity contribution in [2.45, 2.75) is 64.7 Å². The maximum atomic E-state index is 10.7. The molecule has 1 aliphatic rings. The topological polar surface area (TPSA) is 56.2 Å². The Morgan fingerprint density at radius 2 is 2.11 bits per heavy atom. The Hall–Kier alpha value is -1.06. The van der Waals surface area contributed by atoms with Gasteiger partial charge in [-0.2, -0.15) is 0 Å². The molecule has 1 atom stereocenters. The van der Waals surface area contributed by atoms with E-state index in [0.717, 1.165) is 18.3 Å². The third-order valence-electron chi connectivity index (χ3n) is 3.97. The minimum atomic E-state index is -0.694. The van der Waals surface area contributed by atoms with Gasteiger partial charge < -0.3 is 4.42 Å². The SMILES string of the molecule is CC(CCCc1noc(=O)o1)CC1CCCCC1. The second-order valence-corrected chi connectivity index (χ2v) is 5.67. The Labute approximate surface area is 108 Å². The molecule has 0 aromatic carbocycles. The van der Waals surface area contributed by atoms with Crippen molar-refractivity contribution in [2.75, 3.05) is 0 Å². The lowest BCUT2D eigenvalue weighted by Gasteiger charge is -2.24. The van der Waals surface area contributed by atoms with E-state index in [-0.39, 0.29) is 0 Å². The van der Waals surface area contributed by atoms with Crippen LogP contribution in [0, 0.1) is 11.8 Å². The van der Waals surface area contributed by atoms with Crippen LogP contribution >= 0.6 is 0 Å². The number of nitrogens with zero attached hydrogens (tertiary/aromatic N) is 1. The second-order valence-electron chi connectivity index (χ2n) is 5.67. The lowest BCUT2D eigenvalue weighted by molar-refractivity contribution is 0.285. The summed E-state index contributed by atoms with van der Waals surface area (Å²) >= 11 is 0. The highest BCUT2D eigenvalue weighted by atomic mass is 16.6. The standard InChI is InChI=1S/C14H23NO3/c1-11(10-12-7-3-2-4-8-12)6-5-9-13-15-18-14(16)17-13/h11-12H,2-10H2,1H3. The average molecular weight is 253 g/mol. The number of rotatable bonds is 6. The number of aryl methyl sites for hydroxylation is 1. The van der Waals surface area contributed by atoms with Gasteiger partial charge in [0.2, 0.25) is 5.89 Å². The number of aromatic nitrogens is 1. The molecule has 0 aliphatic heterocycles. The monoisotopic (exact) mass is 253 g/mol. The summed E-state index contributed by atoms with van der Waals surface area (Å²) in [6.07, 6.45) is 11.4. The molecule has 102 valence electrons. The summed E-state index contributed by atoms with van der Waals surface area (Å²) in [5.74, 6) is 1.44. The fourth-order valence-corrected chi connectivity index (χ4v) is 3.03. The fraction of sp³-hybridized carbons (Fsp3) is 0.857. The van der Waals surface area contributed by atoms with E-state index in [1.165, 1.54) is 44.9 Å². The van der Waals surface area contributed by atoms with Gasteiger partial charge in [-0.3, -0.25) is 4.52 Å². The van der Waals surface area contributed by atoms with Crippen LogP contribution in [-0.4, -0.2) is 5.16 Å². The third kappa shape index (κ3) is 4.31. The molecule has 0 saturated heterocycles. The first-order valence-electron chi connectivity index (χ1n) is 7.19. The molecule has 1 unspecified atom stereocenters. The molecule has 2 rings (SSSR count). The fourth-order valence-electron chi connectivity index (χ4n) is 3.03. The average Bonchev–Trinajstić information content (AvgIpc) is 2.76. The van der Waals surface area contributed by atoms with Gasteiger partial charge in [0.05, 0.1) is 0 Å². The Balaban J connectivity index is 1.62. The molecule has 1 fully saturated rings. The summed E-state index contributed by atoms with van der Waals surface area (Å²) in [6, 6.07) is 0. The highest BCUT2D eigenvalue weighted by Crippen LogP contribution is 2.30. The van der Waals surface area contributed by atoms with Gasteiger partial charge in [-0.25, -0.2) is 4.79 Å². The molecule has 1 aromatic heterocycles. The highest BCUT2D eigenvalue weighted by molar-refractivity contribution is 4.73. The van der Waals surface area contributed by atoms with E-state index in [1.807, 2.05) is 0 Å². The zero-order valence-corrected chi connectivity index (χ0v) is 11.2. The Morgan fingerprint density at radius 1 is 1.33 bits per heavy atom. The van der Waals surface area contributed by atoms with Crippen LogP contribution < -0.4 is 5.82 Å². The van der Waals surface area contributed by atoms with Gasteiger partial charge in [-0.15, -0.1) is 0 Å². The summed E-state index contributed by atoms with van der Waals surface area (Å²) in [5, 5.41) is 3.57. The normalized spacial score (nSPS) is 18.9. The third-order valence-corrected chi connectivity index (χ3v) is 3.97. The second kappa shape index (κ2) is 6.76. The maximum Gasteiger partial charge on any atom is 0.542 e. The molecular weight excluding hydrogens is 230 g/mol. The highest BCUT2D eigenvalue weighted by Gasteiger charge is 2.16. The van der Waals surface area contributed by atoms with Gasteiger partial charge in [0.25, 0.3) is 0 Å². The van der Waals surface area contributed by atoms with E-state index in [2.05, 4.69) is 16.6 Å². The van der Waals surface area contributed by atoms with Gasteiger partial charge in [-0.1, -0.05) is 45.4 Å². The Morgan fingerprint density at radius 3 is 2.78 bits per heavy atom. The van der Waals surface area contributed by atoms with Crippen molar-refractivity contribution in [1.29, 1.82) is 0 Å². The lowest BCUT2D eigenvalue weighted by atomic mass is 9.82. The minimum absolute atomic E-state index is 0.435. The van der Waals surface area contributed by atoms with Crippen molar-refractivity contribution < 1.29 is 8.94 Å². The Kier molecular flexibility index (Phi) is 5.02. The first kappa shape index (κ1) is 13.4. The smallest absolute Gasteiger partial charge is 0.375 e. The molecule has 0 bridgehead atoms. The zero-order chi connectivity index (χ0) is 12.8. The lowest BCUT2D eigenvalue weighted by Crippen LogP contribution is -2.10. The van der Waals surface area contributed by atoms with Crippen LogP contribution in [0.3, 0.4) is 0 Å². The summed E-state index contributed by atoms with van der Waals surface area (Å²) in [7, 11) is 0. The molecule has 0 amide bonds. The summed E-state index contributed by atoms with van der Waals surface area (Å²) in [6.45, 7) is 2.33. The maximum absolute atomic E-state index is 10.7. The van der Waals surface area contributed by atoms with Crippen molar-refractivity contribution in [3.8, 4) is 0 Å². The van der Waals surface area contributed by atoms with Crippen molar-refractivity contribution in [2.24, 2.45) is 11.8 Å². The van der Waals surface area contributed by atoms with E-state index in [0.29, 0.717) is 12.3 Å². The van der Waals surface area contributed by atoms with E-state index >= 15 is 0 Å². The molecule has 1 heterocycles. The van der Waals surface area contributed by atoms with Gasteiger partial charge in [-0.05, 0) is 29.8 Å². The van der Waals surface area contributed by atoms with Crippen LogP contribution in [-0.2, 0) is 6.42 Å². The zero-order valence-electron chi connectivity index (χ0n) is 11.2. The van der Waals surface area contributed by atoms with Crippen molar-refractivity contribution in [3.05, 3.63) is 16.5 Å². The van der Waals surface area contributed by atoms with Crippen molar-refractivity contribution in [1.82, 2.24) is 5.16 Å². The first-order valence-corrected chi connectivity index (χ1v) is 7.19. The van der Waals surface area contributed by atoms with Gasteiger partial charge in [0.1, 0.15) is 0 Å². The quantitative estimate of drug-likeness (QED) is 0.777. The van der Waals surface area contributed by atoms with Gasteiger partial charge in [0.15, 0.2) is 0 Å². The largest absolute Gasteiger partial charge is 0.542 e.